The van der Waals surface area contributed by atoms with Gasteiger partial charge in [0, 0.05) is 19.3 Å². The summed E-state index contributed by atoms with van der Waals surface area (Å²) >= 11 is 0. The number of fused-ring (bicyclic) bond motifs is 2. The number of oxime groups is 1. The van der Waals surface area contributed by atoms with Crippen LogP contribution in [0.3, 0.4) is 0 Å². The number of hydrogen-bond acceptors (Lipinski definition) is 8. The van der Waals surface area contributed by atoms with Crippen LogP contribution in [0.25, 0.3) is 0 Å². The molecule has 40 heavy (non-hydrogen) atoms. The van der Waals surface area contributed by atoms with Gasteiger partial charge >= 0.3 is 5.97 Å². The Kier molecular flexibility index (Phi) is 8.44. The van der Waals surface area contributed by atoms with E-state index in [-0.39, 0.29) is 30.4 Å². The molecule has 0 aromatic heterocycles. The third kappa shape index (κ3) is 5.48. The van der Waals surface area contributed by atoms with Gasteiger partial charge in [0.1, 0.15) is 29.4 Å². The molecule has 3 fully saturated rings. The van der Waals surface area contributed by atoms with E-state index in [1.54, 1.807) is 13.0 Å². The average molecular weight is 556 g/mol. The Bertz CT molecular complexity index is 1140. The number of carbonyl (C=O) groups excluding carboxylic acids is 1. The average Bonchev–Trinajstić information content (AvgIpc) is 3.24. The van der Waals surface area contributed by atoms with E-state index >= 15 is 0 Å². The van der Waals surface area contributed by atoms with Gasteiger partial charge in [0.05, 0.1) is 18.8 Å². The number of nitrogens with zero attached hydrogens (tertiary/aromatic N) is 1. The van der Waals surface area contributed by atoms with Gasteiger partial charge in [0.15, 0.2) is 5.79 Å². The Labute approximate surface area is 237 Å². The van der Waals surface area contributed by atoms with Crippen molar-refractivity contribution in [1.82, 2.24) is 0 Å². The van der Waals surface area contributed by atoms with Crippen LogP contribution in [0.5, 0.6) is 0 Å². The maximum Gasteiger partial charge on any atom is 0.316 e. The lowest BCUT2D eigenvalue weighted by Gasteiger charge is -2.49. The van der Waals surface area contributed by atoms with Crippen molar-refractivity contribution >= 4 is 11.7 Å². The fraction of sp³-hybridized carbons (Fsp3) is 0.688. The van der Waals surface area contributed by atoms with Crippen molar-refractivity contribution in [2.75, 3.05) is 6.61 Å². The van der Waals surface area contributed by atoms with Crippen LogP contribution in [0, 0.1) is 17.8 Å². The molecule has 8 nitrogen and oxygen atoms in total. The molecule has 1 spiro atoms. The molecule has 2 bridgehead atoms. The SMILES string of the molecule is CC[C@H]1O[C@]2(CC[C@@H]1C)C[C@@H]1C[C@@H](C/C=C(\C)C[C@@H](C)/C=C/C=C3\CO[C@@H]4/C(=N\O)C(C)=CC(C(=O)O1)[C@]34O)O2. The van der Waals surface area contributed by atoms with Crippen LogP contribution >= 0.6 is 0 Å². The van der Waals surface area contributed by atoms with E-state index in [1.165, 1.54) is 5.57 Å². The van der Waals surface area contributed by atoms with Gasteiger partial charge in [-0.25, -0.2) is 0 Å². The van der Waals surface area contributed by atoms with E-state index < -0.39 is 35.5 Å². The zero-order valence-corrected chi connectivity index (χ0v) is 24.5. The van der Waals surface area contributed by atoms with E-state index in [2.05, 4.69) is 45.0 Å². The van der Waals surface area contributed by atoms with Crippen molar-refractivity contribution in [2.24, 2.45) is 22.9 Å². The summed E-state index contributed by atoms with van der Waals surface area (Å²) in [5.41, 5.74) is 0.922. The van der Waals surface area contributed by atoms with E-state index in [0.29, 0.717) is 29.9 Å². The van der Waals surface area contributed by atoms with Crippen molar-refractivity contribution < 1.29 is 34.1 Å². The molecule has 0 saturated carbocycles. The summed E-state index contributed by atoms with van der Waals surface area (Å²) in [7, 11) is 0. The van der Waals surface area contributed by atoms with Crippen LogP contribution < -0.4 is 0 Å². The Morgan fingerprint density at radius 2 is 1.98 bits per heavy atom. The van der Waals surface area contributed by atoms with E-state index in [4.69, 9.17) is 18.9 Å². The maximum absolute atomic E-state index is 13.9. The lowest BCUT2D eigenvalue weighted by Crippen LogP contribution is -2.57. The molecule has 5 aliphatic rings. The highest BCUT2D eigenvalue weighted by molar-refractivity contribution is 6.06. The fourth-order valence-corrected chi connectivity index (χ4v) is 7.22. The Hall–Kier alpha value is -2.26. The Morgan fingerprint density at radius 1 is 1.18 bits per heavy atom. The van der Waals surface area contributed by atoms with Crippen molar-refractivity contribution in [3.8, 4) is 0 Å². The number of rotatable bonds is 1. The minimum absolute atomic E-state index is 0.0940. The highest BCUT2D eigenvalue weighted by Crippen LogP contribution is 2.46. The van der Waals surface area contributed by atoms with Gasteiger partial charge in [-0.1, -0.05) is 61.9 Å². The predicted molar refractivity (Wildman–Crippen MR) is 151 cm³/mol. The monoisotopic (exact) mass is 555 g/mol. The van der Waals surface area contributed by atoms with Crippen LogP contribution in [0.4, 0.5) is 0 Å². The van der Waals surface area contributed by atoms with E-state index in [9.17, 15) is 15.1 Å². The predicted octanol–water partition coefficient (Wildman–Crippen LogP) is 5.39. The van der Waals surface area contributed by atoms with Crippen LogP contribution in [0.2, 0.25) is 0 Å². The lowest BCUT2D eigenvalue weighted by molar-refractivity contribution is -0.335. The third-order valence-corrected chi connectivity index (χ3v) is 9.45. The minimum atomic E-state index is -1.72. The lowest BCUT2D eigenvalue weighted by atomic mass is 9.71. The summed E-state index contributed by atoms with van der Waals surface area (Å²) in [6, 6.07) is 0. The summed E-state index contributed by atoms with van der Waals surface area (Å²) in [4.78, 5) is 13.9. The quantitative estimate of drug-likeness (QED) is 0.193. The molecule has 0 amide bonds. The molecule has 1 unspecified atom stereocenters. The van der Waals surface area contributed by atoms with Crippen molar-refractivity contribution in [3.63, 3.8) is 0 Å². The number of allylic oxidation sites excluding steroid dienone is 4. The number of esters is 1. The van der Waals surface area contributed by atoms with Gasteiger partial charge in [0.2, 0.25) is 0 Å². The molecule has 220 valence electrons. The van der Waals surface area contributed by atoms with Crippen molar-refractivity contribution in [1.29, 1.82) is 0 Å². The molecular formula is C32H45NO7. The molecular weight excluding hydrogens is 510 g/mol. The van der Waals surface area contributed by atoms with Gasteiger partial charge in [0.25, 0.3) is 0 Å². The third-order valence-electron chi connectivity index (χ3n) is 9.45. The van der Waals surface area contributed by atoms with Crippen LogP contribution in [-0.2, 0) is 23.7 Å². The molecule has 0 aromatic carbocycles. The summed E-state index contributed by atoms with van der Waals surface area (Å²) in [6.45, 7) is 10.5. The molecule has 4 heterocycles. The Balaban J connectivity index is 1.53. The molecule has 8 heteroatoms. The van der Waals surface area contributed by atoms with Gasteiger partial charge < -0.3 is 29.3 Å². The van der Waals surface area contributed by atoms with Crippen LogP contribution in [0.15, 0.2) is 52.3 Å². The van der Waals surface area contributed by atoms with Gasteiger partial charge in [-0.3, -0.25) is 4.79 Å². The Morgan fingerprint density at radius 3 is 2.73 bits per heavy atom. The minimum Gasteiger partial charge on any atom is -0.462 e. The highest BCUT2D eigenvalue weighted by Gasteiger charge is 2.59. The standard InChI is InChI=1S/C32H45NO7/c1-6-27-21(4)12-13-31(40-27)17-25-16-24(39-31)11-10-20(3)14-19(2)8-7-9-23-18-37-29-28(33-36)22(5)15-26(30(34)38-25)32(23,29)35/h7-10,15,19,21,24-27,29,35-36H,6,11-14,16-18H2,1-5H3/b8-7+,20-10+,23-9+,33-28-/t19-,21-,24+,25-,26?,27+,29+,31+,32+/m0/s1. The number of hydrogen-bond donors (Lipinski definition) is 2. The first-order valence-corrected chi connectivity index (χ1v) is 14.9. The van der Waals surface area contributed by atoms with Gasteiger partial charge in [-0.2, -0.15) is 0 Å². The van der Waals surface area contributed by atoms with Gasteiger partial charge in [-0.15, -0.1) is 0 Å². The van der Waals surface area contributed by atoms with E-state index in [0.717, 1.165) is 32.1 Å². The van der Waals surface area contributed by atoms with Crippen LogP contribution in [0.1, 0.15) is 79.6 Å². The first-order valence-electron chi connectivity index (χ1n) is 14.9. The van der Waals surface area contributed by atoms with E-state index in [1.807, 2.05) is 12.2 Å². The molecule has 2 N–H and O–H groups in total. The van der Waals surface area contributed by atoms with Crippen LogP contribution in [-0.4, -0.2) is 64.4 Å². The fourth-order valence-electron chi connectivity index (χ4n) is 7.22. The van der Waals surface area contributed by atoms with Gasteiger partial charge in [-0.05, 0) is 62.5 Å². The molecule has 5 rings (SSSR count). The maximum atomic E-state index is 13.9. The topological polar surface area (TPSA) is 107 Å². The zero-order valence-electron chi connectivity index (χ0n) is 24.5. The molecule has 0 aromatic rings. The number of aliphatic hydroxyl groups is 1. The number of ether oxygens (including phenoxy) is 4. The first kappa shape index (κ1) is 29.2. The molecule has 9 atom stereocenters. The largest absolute Gasteiger partial charge is 0.462 e. The van der Waals surface area contributed by atoms with Crippen molar-refractivity contribution in [2.45, 2.75) is 115 Å². The normalized spacial score (nSPS) is 47.0. The molecule has 3 saturated heterocycles. The zero-order chi connectivity index (χ0) is 28.7. The highest BCUT2D eigenvalue weighted by atomic mass is 16.7. The molecule has 1 aliphatic carbocycles. The summed E-state index contributed by atoms with van der Waals surface area (Å²) in [5.74, 6) is -1.60. The summed E-state index contributed by atoms with van der Waals surface area (Å²) < 4.78 is 25.5. The first-order chi connectivity index (χ1) is 19.1. The van der Waals surface area contributed by atoms with Crippen molar-refractivity contribution in [3.05, 3.63) is 47.1 Å². The summed E-state index contributed by atoms with van der Waals surface area (Å²) in [6.07, 6.45) is 13.6. The second kappa shape index (κ2) is 11.6. The second-order valence-electron chi connectivity index (χ2n) is 12.6. The molecule has 0 radical (unpaired) electrons. The molecule has 4 aliphatic heterocycles. The second-order valence-corrected chi connectivity index (χ2v) is 12.6. The summed E-state index contributed by atoms with van der Waals surface area (Å²) in [5, 5.41) is 25.3. The smallest absolute Gasteiger partial charge is 0.316 e. The number of carbonyl (C=O) groups is 1.